The third-order valence-electron chi connectivity index (χ3n) is 2.55. The largest absolute Gasteiger partial charge is 0.397 e. The van der Waals surface area contributed by atoms with Crippen molar-refractivity contribution in [2.24, 2.45) is 0 Å². The van der Waals surface area contributed by atoms with Gasteiger partial charge in [0.1, 0.15) is 0 Å². The number of benzene rings is 1. The first kappa shape index (κ1) is 10.6. The summed E-state index contributed by atoms with van der Waals surface area (Å²) in [7, 11) is 0. The van der Waals surface area contributed by atoms with E-state index in [2.05, 4.69) is 17.1 Å². The molecule has 2 heterocycles. The molecule has 0 radical (unpaired) electrons. The summed E-state index contributed by atoms with van der Waals surface area (Å²) in [6, 6.07) is 11.8. The van der Waals surface area contributed by atoms with E-state index in [0.717, 1.165) is 21.0 Å². The molecule has 1 aromatic carbocycles. The number of hydrogen-bond donors (Lipinski definition) is 1. The molecule has 0 unspecified atom stereocenters. The number of nitrogens with two attached hydrogens (primary N) is 1. The van der Waals surface area contributed by atoms with Crippen molar-refractivity contribution in [3.8, 4) is 10.6 Å². The van der Waals surface area contributed by atoms with Crippen molar-refractivity contribution in [2.75, 3.05) is 5.73 Å². The molecule has 0 atom stereocenters. The summed E-state index contributed by atoms with van der Waals surface area (Å²) in [5, 5.41) is 1.85. The number of anilines is 1. The van der Waals surface area contributed by atoms with Crippen LogP contribution < -0.4 is 5.73 Å². The van der Waals surface area contributed by atoms with Crippen LogP contribution in [0.5, 0.6) is 0 Å². The zero-order chi connectivity index (χ0) is 11.8. The highest BCUT2D eigenvalue weighted by Gasteiger charge is 2.07. The van der Waals surface area contributed by atoms with Gasteiger partial charge in [0.2, 0.25) is 0 Å². The van der Waals surface area contributed by atoms with E-state index in [4.69, 9.17) is 17.3 Å². The van der Waals surface area contributed by atoms with E-state index in [9.17, 15) is 0 Å². The van der Waals surface area contributed by atoms with Crippen molar-refractivity contribution >= 4 is 38.7 Å². The van der Waals surface area contributed by atoms with Gasteiger partial charge < -0.3 is 5.73 Å². The molecule has 2 aromatic heterocycles. The molecule has 0 aliphatic heterocycles. The molecule has 0 spiro atoms. The van der Waals surface area contributed by atoms with Crippen molar-refractivity contribution < 1.29 is 0 Å². The molecular formula is C13H9ClN2S. The Morgan fingerprint density at radius 2 is 2.06 bits per heavy atom. The zero-order valence-corrected chi connectivity index (χ0v) is 10.4. The lowest BCUT2D eigenvalue weighted by molar-refractivity contribution is 1.34. The molecule has 0 amide bonds. The van der Waals surface area contributed by atoms with Gasteiger partial charge in [0.15, 0.2) is 0 Å². The van der Waals surface area contributed by atoms with Gasteiger partial charge in [-0.15, -0.1) is 11.3 Å². The summed E-state index contributed by atoms with van der Waals surface area (Å²) in [6.07, 6.45) is 1.67. The predicted molar refractivity (Wildman–Crippen MR) is 74.5 cm³/mol. The number of nitrogens with zero attached hydrogens (tertiary/aromatic N) is 1. The quantitative estimate of drug-likeness (QED) is 0.712. The fraction of sp³-hybridized carbons (Fsp3) is 0. The maximum atomic E-state index is 6.15. The monoisotopic (exact) mass is 260 g/mol. The van der Waals surface area contributed by atoms with Gasteiger partial charge in [0, 0.05) is 15.1 Å². The lowest BCUT2D eigenvalue weighted by Gasteiger charge is -1.95. The van der Waals surface area contributed by atoms with Gasteiger partial charge in [-0.05, 0) is 30.3 Å². The normalized spacial score (nSPS) is 10.9. The molecule has 0 saturated heterocycles. The number of thiophene rings is 1. The number of rotatable bonds is 1. The number of nitrogen functional groups attached to an aromatic ring is 1. The fourth-order valence-corrected chi connectivity index (χ4v) is 3.05. The lowest BCUT2D eigenvalue weighted by Crippen LogP contribution is -1.86. The van der Waals surface area contributed by atoms with Crippen molar-refractivity contribution in [1.29, 1.82) is 0 Å². The van der Waals surface area contributed by atoms with Gasteiger partial charge >= 0.3 is 0 Å². The third-order valence-corrected chi connectivity index (χ3v) is 4.00. The molecule has 4 heteroatoms. The van der Waals surface area contributed by atoms with Gasteiger partial charge in [-0.3, -0.25) is 4.98 Å². The van der Waals surface area contributed by atoms with Crippen molar-refractivity contribution in [2.45, 2.75) is 0 Å². The van der Waals surface area contributed by atoms with Crippen molar-refractivity contribution in [3.05, 3.63) is 47.6 Å². The minimum absolute atomic E-state index is 0.674. The minimum atomic E-state index is 0.674. The van der Waals surface area contributed by atoms with E-state index >= 15 is 0 Å². The number of hydrogen-bond acceptors (Lipinski definition) is 3. The van der Waals surface area contributed by atoms with Crippen LogP contribution in [0.4, 0.5) is 5.69 Å². The molecule has 3 rings (SSSR count). The number of pyridine rings is 1. The molecule has 2 N–H and O–H groups in total. The second-order valence-corrected chi connectivity index (χ2v) is 5.23. The molecule has 17 heavy (non-hydrogen) atoms. The molecule has 0 bridgehead atoms. The lowest BCUT2D eigenvalue weighted by atomic mass is 10.2. The molecule has 3 aromatic rings. The van der Waals surface area contributed by atoms with Crippen molar-refractivity contribution in [1.82, 2.24) is 4.98 Å². The molecule has 0 fully saturated rings. The number of fused-ring (bicyclic) bond motifs is 1. The second kappa shape index (κ2) is 4.02. The SMILES string of the molecule is Nc1ccc(-c2cc3c(Cl)cccc3s2)nc1. The summed E-state index contributed by atoms with van der Waals surface area (Å²) in [6.45, 7) is 0. The van der Waals surface area contributed by atoms with Crippen LogP contribution in [0, 0.1) is 0 Å². The summed E-state index contributed by atoms with van der Waals surface area (Å²) in [5.74, 6) is 0. The van der Waals surface area contributed by atoms with Crippen LogP contribution in [0.2, 0.25) is 5.02 Å². The Labute approximate surface area is 108 Å². The van der Waals surface area contributed by atoms with Crippen molar-refractivity contribution in [3.63, 3.8) is 0 Å². The summed E-state index contributed by atoms with van der Waals surface area (Å²) in [4.78, 5) is 5.42. The van der Waals surface area contributed by atoms with Crippen LogP contribution >= 0.6 is 22.9 Å². The highest BCUT2D eigenvalue weighted by Crippen LogP contribution is 2.35. The predicted octanol–water partition coefficient (Wildman–Crippen LogP) is 4.20. The molecular weight excluding hydrogens is 252 g/mol. The summed E-state index contributed by atoms with van der Waals surface area (Å²) in [5.41, 5.74) is 7.23. The van der Waals surface area contributed by atoms with E-state index in [1.807, 2.05) is 24.3 Å². The molecule has 2 nitrogen and oxygen atoms in total. The Balaban J connectivity index is 2.18. The van der Waals surface area contributed by atoms with E-state index < -0.39 is 0 Å². The third kappa shape index (κ3) is 1.88. The van der Waals surface area contributed by atoms with Crippen LogP contribution in [0.3, 0.4) is 0 Å². The van der Waals surface area contributed by atoms with Crippen LogP contribution in [0.25, 0.3) is 20.7 Å². The Hall–Kier alpha value is -1.58. The highest BCUT2D eigenvalue weighted by atomic mass is 35.5. The average Bonchev–Trinajstić information content (AvgIpc) is 2.75. The molecule has 0 saturated carbocycles. The first-order valence-corrected chi connectivity index (χ1v) is 6.33. The zero-order valence-electron chi connectivity index (χ0n) is 8.85. The number of aromatic nitrogens is 1. The van der Waals surface area contributed by atoms with Crippen LogP contribution in [-0.2, 0) is 0 Å². The average molecular weight is 261 g/mol. The van der Waals surface area contributed by atoms with E-state index in [1.165, 1.54) is 4.70 Å². The maximum Gasteiger partial charge on any atom is 0.0803 e. The Bertz CT molecular complexity index is 673. The molecule has 0 aliphatic rings. The molecule has 84 valence electrons. The van der Waals surface area contributed by atoms with Crippen LogP contribution in [-0.4, -0.2) is 4.98 Å². The summed E-state index contributed by atoms with van der Waals surface area (Å²) < 4.78 is 1.17. The maximum absolute atomic E-state index is 6.15. The highest BCUT2D eigenvalue weighted by molar-refractivity contribution is 7.22. The van der Waals surface area contributed by atoms with Gasteiger partial charge in [-0.2, -0.15) is 0 Å². The smallest absolute Gasteiger partial charge is 0.0803 e. The fourth-order valence-electron chi connectivity index (χ4n) is 1.70. The van der Waals surface area contributed by atoms with Gasteiger partial charge in [0.25, 0.3) is 0 Å². The van der Waals surface area contributed by atoms with E-state index in [1.54, 1.807) is 17.5 Å². The van der Waals surface area contributed by atoms with Gasteiger partial charge in [0.05, 0.1) is 22.5 Å². The molecule has 0 aliphatic carbocycles. The van der Waals surface area contributed by atoms with Crippen LogP contribution in [0.1, 0.15) is 0 Å². The van der Waals surface area contributed by atoms with Crippen LogP contribution in [0.15, 0.2) is 42.6 Å². The topological polar surface area (TPSA) is 38.9 Å². The van der Waals surface area contributed by atoms with Gasteiger partial charge in [-0.1, -0.05) is 17.7 Å². The Morgan fingerprint density at radius 3 is 2.76 bits per heavy atom. The first-order valence-electron chi connectivity index (χ1n) is 5.14. The summed E-state index contributed by atoms with van der Waals surface area (Å²) >= 11 is 7.83. The van der Waals surface area contributed by atoms with E-state index in [0.29, 0.717) is 5.69 Å². The Kier molecular flexibility index (Phi) is 2.50. The second-order valence-electron chi connectivity index (χ2n) is 3.74. The van der Waals surface area contributed by atoms with Gasteiger partial charge in [-0.25, -0.2) is 0 Å². The standard InChI is InChI=1S/C13H9ClN2S/c14-10-2-1-3-12-9(10)6-13(17-12)11-5-4-8(15)7-16-11/h1-7H,15H2. The Morgan fingerprint density at radius 1 is 1.18 bits per heavy atom. The van der Waals surface area contributed by atoms with E-state index in [-0.39, 0.29) is 0 Å². The first-order chi connectivity index (χ1) is 8.24. The minimum Gasteiger partial charge on any atom is -0.397 e. The number of halogens is 1.